The van der Waals surface area contributed by atoms with Crippen LogP contribution in [0, 0.1) is 0 Å². The summed E-state index contributed by atoms with van der Waals surface area (Å²) in [6.07, 6.45) is 3.58. The van der Waals surface area contributed by atoms with Crippen molar-refractivity contribution in [3.05, 3.63) is 45.3 Å². The second-order valence-corrected chi connectivity index (χ2v) is 8.46. The van der Waals surface area contributed by atoms with Gasteiger partial charge in [0.05, 0.1) is 23.8 Å². The van der Waals surface area contributed by atoms with Crippen molar-refractivity contribution in [1.29, 1.82) is 0 Å². The molecule has 1 aromatic rings. The third-order valence-electron chi connectivity index (χ3n) is 6.02. The van der Waals surface area contributed by atoms with Gasteiger partial charge in [-0.3, -0.25) is 4.79 Å². The lowest BCUT2D eigenvalue weighted by Crippen LogP contribution is -2.35. The zero-order valence-corrected chi connectivity index (χ0v) is 18.4. The fourth-order valence-electron chi connectivity index (χ4n) is 4.53. The van der Waals surface area contributed by atoms with Gasteiger partial charge in [-0.25, -0.2) is 4.79 Å². The van der Waals surface area contributed by atoms with Crippen LogP contribution in [0.3, 0.4) is 0 Å². The van der Waals surface area contributed by atoms with Crippen LogP contribution in [0.2, 0.25) is 5.02 Å². The molecule has 31 heavy (non-hydrogen) atoms. The van der Waals surface area contributed by atoms with Crippen LogP contribution < -0.4 is 10.1 Å². The molecule has 1 aromatic carbocycles. The van der Waals surface area contributed by atoms with Crippen LogP contribution in [0.1, 0.15) is 50.5 Å². The second-order valence-electron chi connectivity index (χ2n) is 8.05. The number of esters is 1. The maximum atomic E-state index is 13.2. The number of dihydropyridines is 1. The number of ether oxygens (including phenoxy) is 3. The number of allylic oxidation sites excluding steroid dienone is 3. The first-order valence-corrected chi connectivity index (χ1v) is 10.9. The quantitative estimate of drug-likeness (QED) is 0.664. The fraction of sp³-hybridized carbons (Fsp3) is 0.478. The number of methoxy groups -OCH3 is 1. The number of aromatic hydroxyl groups is 1. The molecule has 2 aliphatic heterocycles. The molecule has 4 rings (SSSR count). The maximum absolute atomic E-state index is 13.2. The number of phenols is 1. The highest BCUT2D eigenvalue weighted by atomic mass is 35.5. The Balaban J connectivity index is 1.76. The predicted octanol–water partition coefficient (Wildman–Crippen LogP) is 3.74. The minimum Gasteiger partial charge on any atom is -0.503 e. The largest absolute Gasteiger partial charge is 0.503 e. The summed E-state index contributed by atoms with van der Waals surface area (Å²) in [6.45, 7) is 2.64. The average Bonchev–Trinajstić information content (AvgIpc) is 3.27. The molecule has 1 fully saturated rings. The molecule has 1 saturated heterocycles. The van der Waals surface area contributed by atoms with E-state index in [2.05, 4.69) is 5.32 Å². The minimum atomic E-state index is -0.659. The number of rotatable bonds is 5. The zero-order chi connectivity index (χ0) is 22.1. The molecule has 1 aliphatic carbocycles. The topological polar surface area (TPSA) is 94.1 Å². The summed E-state index contributed by atoms with van der Waals surface area (Å²) >= 11 is 6.24. The van der Waals surface area contributed by atoms with Crippen LogP contribution in [0.25, 0.3) is 0 Å². The summed E-state index contributed by atoms with van der Waals surface area (Å²) < 4.78 is 16.4. The normalized spacial score (nSPS) is 23.5. The number of carbonyl (C=O) groups excluding carboxylic acids is 2. The zero-order valence-electron chi connectivity index (χ0n) is 17.6. The van der Waals surface area contributed by atoms with Crippen molar-refractivity contribution in [3.8, 4) is 11.5 Å². The molecule has 2 heterocycles. The number of ketones is 1. The molecule has 0 spiro atoms. The van der Waals surface area contributed by atoms with Crippen molar-refractivity contribution >= 4 is 23.4 Å². The number of carbonyl (C=O) groups is 2. The van der Waals surface area contributed by atoms with Gasteiger partial charge in [0, 0.05) is 35.9 Å². The van der Waals surface area contributed by atoms with Crippen LogP contribution in [0.15, 0.2) is 34.7 Å². The Hall–Kier alpha value is -2.51. The molecule has 2 N–H and O–H groups in total. The Labute approximate surface area is 186 Å². The third-order valence-corrected chi connectivity index (χ3v) is 6.31. The van der Waals surface area contributed by atoms with Gasteiger partial charge in [0.2, 0.25) is 0 Å². The summed E-state index contributed by atoms with van der Waals surface area (Å²) in [5, 5.41) is 13.5. The highest BCUT2D eigenvalue weighted by Gasteiger charge is 2.40. The van der Waals surface area contributed by atoms with Gasteiger partial charge in [0.1, 0.15) is 6.61 Å². The van der Waals surface area contributed by atoms with E-state index in [1.165, 1.54) is 7.11 Å². The molecule has 0 radical (unpaired) electrons. The van der Waals surface area contributed by atoms with Gasteiger partial charge in [-0.05, 0) is 50.3 Å². The van der Waals surface area contributed by atoms with Gasteiger partial charge in [-0.1, -0.05) is 11.6 Å². The molecule has 0 unspecified atom stereocenters. The smallest absolute Gasteiger partial charge is 0.336 e. The maximum Gasteiger partial charge on any atom is 0.336 e. The van der Waals surface area contributed by atoms with Crippen LogP contribution in [-0.4, -0.2) is 43.3 Å². The Bertz CT molecular complexity index is 977. The van der Waals surface area contributed by atoms with Crippen molar-refractivity contribution in [1.82, 2.24) is 5.32 Å². The fourth-order valence-corrected chi connectivity index (χ4v) is 4.74. The summed E-state index contributed by atoms with van der Waals surface area (Å²) in [4.78, 5) is 26.2. The molecule has 2 atom stereocenters. The second kappa shape index (κ2) is 8.93. The van der Waals surface area contributed by atoms with E-state index in [1.54, 1.807) is 19.1 Å². The van der Waals surface area contributed by atoms with E-state index >= 15 is 0 Å². The van der Waals surface area contributed by atoms with E-state index in [-0.39, 0.29) is 35.0 Å². The van der Waals surface area contributed by atoms with Gasteiger partial charge in [-0.2, -0.15) is 0 Å². The number of Topliss-reactive ketones (excluding diaryl/α,β-unsaturated/α-hetero) is 1. The number of phenolic OH excluding ortho intramolecular Hbond substituents is 1. The number of hydrogen-bond donors (Lipinski definition) is 2. The first kappa shape index (κ1) is 21.7. The molecule has 0 aromatic heterocycles. The minimum absolute atomic E-state index is 0.0150. The van der Waals surface area contributed by atoms with Crippen LogP contribution in [0.5, 0.6) is 11.5 Å². The SMILES string of the molecule is COc1cc([C@H]2C(C(=O)OC[C@H]3CCCO3)=C(C)NC3=C2C(=O)CCC3)cc(Cl)c1O. The molecule has 7 nitrogen and oxygen atoms in total. The molecule has 0 saturated carbocycles. The first-order valence-electron chi connectivity index (χ1n) is 10.5. The molecule has 0 bridgehead atoms. The standard InChI is InChI=1S/C23H26ClNO6/c1-12-19(23(28)31-11-14-5-4-8-30-14)20(21-16(25-12)6-3-7-17(21)26)13-9-15(24)22(27)18(10-13)29-2/h9-10,14,20,25,27H,3-8,11H2,1-2H3/t14-,20+/m1/s1. The summed E-state index contributed by atoms with van der Waals surface area (Å²) in [5.41, 5.74) is 2.95. The van der Waals surface area contributed by atoms with Crippen molar-refractivity contribution in [2.24, 2.45) is 0 Å². The van der Waals surface area contributed by atoms with Gasteiger partial charge in [0.15, 0.2) is 17.3 Å². The van der Waals surface area contributed by atoms with Gasteiger partial charge in [-0.15, -0.1) is 0 Å². The lowest BCUT2D eigenvalue weighted by Gasteiger charge is -2.34. The summed E-state index contributed by atoms with van der Waals surface area (Å²) in [7, 11) is 1.42. The predicted molar refractivity (Wildman–Crippen MR) is 114 cm³/mol. The van der Waals surface area contributed by atoms with Crippen molar-refractivity contribution < 1.29 is 28.9 Å². The van der Waals surface area contributed by atoms with Crippen molar-refractivity contribution in [2.75, 3.05) is 20.3 Å². The highest BCUT2D eigenvalue weighted by molar-refractivity contribution is 6.32. The average molecular weight is 448 g/mol. The van der Waals surface area contributed by atoms with Crippen LogP contribution in [-0.2, 0) is 19.1 Å². The van der Waals surface area contributed by atoms with E-state index in [0.29, 0.717) is 35.4 Å². The summed E-state index contributed by atoms with van der Waals surface area (Å²) in [6, 6.07) is 3.19. The number of hydrogen-bond acceptors (Lipinski definition) is 7. The Kier molecular flexibility index (Phi) is 6.25. The number of nitrogens with one attached hydrogen (secondary N) is 1. The monoisotopic (exact) mass is 447 g/mol. The van der Waals surface area contributed by atoms with Crippen molar-refractivity contribution in [3.63, 3.8) is 0 Å². The van der Waals surface area contributed by atoms with Gasteiger partial charge >= 0.3 is 5.97 Å². The van der Waals surface area contributed by atoms with E-state index in [1.807, 2.05) is 0 Å². The Morgan fingerprint density at radius 2 is 2.13 bits per heavy atom. The van der Waals surface area contributed by atoms with Crippen molar-refractivity contribution in [2.45, 2.75) is 51.0 Å². The highest BCUT2D eigenvalue weighted by Crippen LogP contribution is 2.46. The lowest BCUT2D eigenvalue weighted by atomic mass is 9.75. The van der Waals surface area contributed by atoms with E-state index in [9.17, 15) is 14.7 Å². The molecule has 166 valence electrons. The molecule has 8 heteroatoms. The molecule has 0 amide bonds. The molecular formula is C23H26ClNO6. The third kappa shape index (κ3) is 4.16. The van der Waals surface area contributed by atoms with E-state index < -0.39 is 11.9 Å². The van der Waals surface area contributed by atoms with E-state index in [4.69, 9.17) is 25.8 Å². The number of benzene rings is 1. The van der Waals surface area contributed by atoms with Gasteiger partial charge in [0.25, 0.3) is 0 Å². The van der Waals surface area contributed by atoms with Gasteiger partial charge < -0.3 is 24.6 Å². The molecule has 3 aliphatic rings. The Morgan fingerprint density at radius 1 is 1.32 bits per heavy atom. The van der Waals surface area contributed by atoms with E-state index in [0.717, 1.165) is 31.4 Å². The lowest BCUT2D eigenvalue weighted by molar-refractivity contribution is -0.142. The van der Waals surface area contributed by atoms with Crippen LogP contribution >= 0.6 is 11.6 Å². The first-order chi connectivity index (χ1) is 14.9. The van der Waals surface area contributed by atoms with Crippen LogP contribution in [0.4, 0.5) is 0 Å². The molecular weight excluding hydrogens is 422 g/mol. The number of halogens is 1. The Morgan fingerprint density at radius 3 is 2.84 bits per heavy atom. The summed E-state index contributed by atoms with van der Waals surface area (Å²) in [5.74, 6) is -1.18.